The first kappa shape index (κ1) is 14.4. The molecule has 0 saturated heterocycles. The van der Waals surface area contributed by atoms with Gasteiger partial charge in [0.2, 0.25) is 15.9 Å². The van der Waals surface area contributed by atoms with Crippen LogP contribution in [0, 0.1) is 0 Å². The van der Waals surface area contributed by atoms with E-state index < -0.39 is 22.0 Å². The van der Waals surface area contributed by atoms with Gasteiger partial charge in [-0.15, -0.1) is 0 Å². The Morgan fingerprint density at radius 3 is 2.40 bits per heavy atom. The van der Waals surface area contributed by atoms with Crippen LogP contribution in [-0.2, 0) is 14.8 Å². The molecule has 5 nitrogen and oxygen atoms in total. The van der Waals surface area contributed by atoms with Crippen LogP contribution >= 0.6 is 0 Å². The third kappa shape index (κ3) is 6.46. The zero-order valence-corrected chi connectivity index (χ0v) is 10.1. The van der Waals surface area contributed by atoms with E-state index in [2.05, 4.69) is 0 Å². The first-order valence-corrected chi connectivity index (χ1v) is 6.88. The van der Waals surface area contributed by atoms with Crippen molar-refractivity contribution in [3.8, 4) is 0 Å². The van der Waals surface area contributed by atoms with Gasteiger partial charge in [-0.1, -0.05) is 26.7 Å². The number of carbonyl (C=O) groups excluding carboxylic acids is 1. The minimum atomic E-state index is -3.48. The lowest BCUT2D eigenvalue weighted by Crippen LogP contribution is -2.44. The zero-order chi connectivity index (χ0) is 11.9. The van der Waals surface area contributed by atoms with Crippen LogP contribution in [0.3, 0.4) is 0 Å². The number of carbonyl (C=O) groups is 1. The van der Waals surface area contributed by atoms with Crippen molar-refractivity contribution in [2.75, 3.05) is 5.75 Å². The molecule has 0 aromatic rings. The quantitative estimate of drug-likeness (QED) is 0.668. The third-order valence-electron chi connectivity index (χ3n) is 1.93. The summed E-state index contributed by atoms with van der Waals surface area (Å²) < 4.78 is 24.4. The fraction of sp³-hybridized carbons (Fsp3) is 0.889. The van der Waals surface area contributed by atoms with Gasteiger partial charge in [-0.2, -0.15) is 0 Å². The lowest BCUT2D eigenvalue weighted by atomic mass is 10.1. The summed E-state index contributed by atoms with van der Waals surface area (Å²) in [5.74, 6) is -0.643. The van der Waals surface area contributed by atoms with E-state index in [0.29, 0.717) is 12.8 Å². The van der Waals surface area contributed by atoms with Gasteiger partial charge in [0.1, 0.15) is 0 Å². The summed E-state index contributed by atoms with van der Waals surface area (Å²) in [6, 6.07) is -0.725. The second-order valence-corrected chi connectivity index (χ2v) is 5.38. The summed E-state index contributed by atoms with van der Waals surface area (Å²) >= 11 is 0. The summed E-state index contributed by atoms with van der Waals surface area (Å²) in [5, 5.41) is 0. The van der Waals surface area contributed by atoms with Crippen molar-refractivity contribution < 1.29 is 13.2 Å². The standard InChI is InChI=1S/C9H20N2O3S/c1-3-5-6-8(10)9(12)11-15(13,14)7-4-2/h8H,3-7,10H2,1-2H3,(H,11,12). The normalized spacial score (nSPS) is 13.5. The van der Waals surface area contributed by atoms with E-state index >= 15 is 0 Å². The fourth-order valence-corrected chi connectivity index (χ4v) is 2.20. The molecule has 0 spiro atoms. The van der Waals surface area contributed by atoms with Crippen LogP contribution < -0.4 is 10.5 Å². The van der Waals surface area contributed by atoms with Crippen molar-refractivity contribution in [2.24, 2.45) is 5.73 Å². The highest BCUT2D eigenvalue weighted by Crippen LogP contribution is 1.99. The molecule has 0 heterocycles. The van der Waals surface area contributed by atoms with Gasteiger partial charge < -0.3 is 5.73 Å². The maximum Gasteiger partial charge on any atom is 0.250 e. The number of hydrogen-bond acceptors (Lipinski definition) is 4. The number of amides is 1. The molecule has 90 valence electrons. The van der Waals surface area contributed by atoms with E-state index in [1.165, 1.54) is 0 Å². The highest BCUT2D eigenvalue weighted by atomic mass is 32.2. The Kier molecular flexibility index (Phi) is 6.51. The van der Waals surface area contributed by atoms with Gasteiger partial charge in [0, 0.05) is 0 Å². The monoisotopic (exact) mass is 236 g/mol. The molecule has 0 rings (SSSR count). The lowest BCUT2D eigenvalue weighted by molar-refractivity contribution is -0.120. The summed E-state index contributed by atoms with van der Waals surface area (Å²) in [6.45, 7) is 3.72. The molecule has 6 heteroatoms. The Hall–Kier alpha value is -0.620. The minimum absolute atomic E-state index is 0.0424. The number of unbranched alkanes of at least 4 members (excludes halogenated alkanes) is 1. The molecule has 0 saturated carbocycles. The van der Waals surface area contributed by atoms with Gasteiger partial charge in [-0.05, 0) is 12.8 Å². The molecule has 0 aliphatic heterocycles. The summed E-state index contributed by atoms with van der Waals surface area (Å²) in [4.78, 5) is 11.3. The van der Waals surface area contributed by atoms with E-state index in [4.69, 9.17) is 5.73 Å². The number of sulfonamides is 1. The molecule has 0 aliphatic rings. The van der Waals surface area contributed by atoms with Gasteiger partial charge in [-0.3, -0.25) is 9.52 Å². The van der Waals surface area contributed by atoms with Crippen LogP contribution in [0.1, 0.15) is 39.5 Å². The third-order valence-corrected chi connectivity index (χ3v) is 3.39. The zero-order valence-electron chi connectivity index (χ0n) is 9.32. The molecule has 0 fully saturated rings. The fourth-order valence-electron chi connectivity index (χ4n) is 1.10. The van der Waals surface area contributed by atoms with Crippen LogP contribution in [-0.4, -0.2) is 26.1 Å². The average molecular weight is 236 g/mol. The maximum atomic E-state index is 11.3. The van der Waals surface area contributed by atoms with E-state index in [9.17, 15) is 13.2 Å². The van der Waals surface area contributed by atoms with Crippen molar-refractivity contribution in [3.05, 3.63) is 0 Å². The largest absolute Gasteiger partial charge is 0.320 e. The van der Waals surface area contributed by atoms with Crippen LogP contribution in [0.2, 0.25) is 0 Å². The molecule has 0 bridgehead atoms. The van der Waals surface area contributed by atoms with Gasteiger partial charge in [0.15, 0.2) is 0 Å². The molecule has 1 unspecified atom stereocenters. The second-order valence-electron chi connectivity index (χ2n) is 3.53. The van der Waals surface area contributed by atoms with Gasteiger partial charge in [0.05, 0.1) is 11.8 Å². The SMILES string of the molecule is CCCCC(N)C(=O)NS(=O)(=O)CCC. The Labute approximate surface area is 91.5 Å². The predicted molar refractivity (Wildman–Crippen MR) is 59.7 cm³/mol. The first-order valence-electron chi connectivity index (χ1n) is 5.22. The van der Waals surface area contributed by atoms with Crippen molar-refractivity contribution >= 4 is 15.9 Å². The van der Waals surface area contributed by atoms with Crippen LogP contribution in [0.25, 0.3) is 0 Å². The predicted octanol–water partition coefficient (Wildman–Crippen LogP) is 0.360. The number of rotatable bonds is 7. The van der Waals surface area contributed by atoms with Crippen molar-refractivity contribution in [2.45, 2.75) is 45.6 Å². The smallest absolute Gasteiger partial charge is 0.250 e. The molecule has 3 N–H and O–H groups in total. The molecule has 15 heavy (non-hydrogen) atoms. The molecular weight excluding hydrogens is 216 g/mol. The van der Waals surface area contributed by atoms with Crippen molar-refractivity contribution in [1.82, 2.24) is 4.72 Å². The van der Waals surface area contributed by atoms with E-state index in [0.717, 1.165) is 12.8 Å². The molecular formula is C9H20N2O3S. The number of nitrogens with two attached hydrogens (primary N) is 1. The van der Waals surface area contributed by atoms with Crippen LogP contribution in [0.4, 0.5) is 0 Å². The molecule has 0 aromatic heterocycles. The Bertz CT molecular complexity index is 288. The van der Waals surface area contributed by atoms with E-state index in [1.54, 1.807) is 6.92 Å². The highest BCUT2D eigenvalue weighted by molar-refractivity contribution is 7.90. The second kappa shape index (κ2) is 6.79. The number of nitrogens with one attached hydrogen (secondary N) is 1. The lowest BCUT2D eigenvalue weighted by Gasteiger charge is -2.11. The van der Waals surface area contributed by atoms with E-state index in [1.807, 2.05) is 11.6 Å². The topological polar surface area (TPSA) is 89.3 Å². The van der Waals surface area contributed by atoms with Gasteiger partial charge >= 0.3 is 0 Å². The average Bonchev–Trinajstić information content (AvgIpc) is 2.13. The molecule has 0 aliphatic carbocycles. The van der Waals surface area contributed by atoms with Crippen LogP contribution in [0.15, 0.2) is 0 Å². The highest BCUT2D eigenvalue weighted by Gasteiger charge is 2.18. The van der Waals surface area contributed by atoms with Crippen LogP contribution in [0.5, 0.6) is 0 Å². The van der Waals surface area contributed by atoms with E-state index in [-0.39, 0.29) is 5.75 Å². The van der Waals surface area contributed by atoms with Crippen molar-refractivity contribution in [3.63, 3.8) is 0 Å². The van der Waals surface area contributed by atoms with Gasteiger partial charge in [-0.25, -0.2) is 8.42 Å². The Morgan fingerprint density at radius 2 is 1.93 bits per heavy atom. The van der Waals surface area contributed by atoms with Crippen molar-refractivity contribution in [1.29, 1.82) is 0 Å². The molecule has 1 atom stereocenters. The summed E-state index contributed by atoms with van der Waals surface area (Å²) in [6.07, 6.45) is 2.75. The maximum absolute atomic E-state index is 11.3. The Balaban J connectivity index is 4.12. The first-order chi connectivity index (χ1) is 6.93. The molecule has 0 radical (unpaired) electrons. The Morgan fingerprint density at radius 1 is 1.33 bits per heavy atom. The summed E-state index contributed by atoms with van der Waals surface area (Å²) in [5.41, 5.74) is 5.53. The molecule has 1 amide bonds. The summed E-state index contributed by atoms with van der Waals surface area (Å²) in [7, 11) is -3.48. The minimum Gasteiger partial charge on any atom is -0.320 e. The molecule has 0 aromatic carbocycles. The number of hydrogen-bond donors (Lipinski definition) is 2. The van der Waals surface area contributed by atoms with Gasteiger partial charge in [0.25, 0.3) is 0 Å².